The van der Waals surface area contributed by atoms with Crippen molar-refractivity contribution in [3.05, 3.63) is 188 Å². The van der Waals surface area contributed by atoms with Crippen molar-refractivity contribution in [2.75, 3.05) is 6.54 Å². The topological polar surface area (TPSA) is 98.4 Å². The number of rotatable bonds is 5. The van der Waals surface area contributed by atoms with E-state index in [2.05, 4.69) is 138 Å². The first-order valence-corrected chi connectivity index (χ1v) is 37.7. The Bertz CT molecular complexity index is 10000. The first-order chi connectivity index (χ1) is 52.6. The number of fused-ring (bicyclic) bond motifs is 2. The Morgan fingerprint density at radius 1 is 0.264 bits per heavy atom. The van der Waals surface area contributed by atoms with Gasteiger partial charge >= 0.3 is 0 Å². The van der Waals surface area contributed by atoms with E-state index in [4.69, 9.17) is 0 Å². The summed E-state index contributed by atoms with van der Waals surface area (Å²) in [6, 6.07) is 58.7. The summed E-state index contributed by atoms with van der Waals surface area (Å²) in [4.78, 5) is 3.10. The molecule has 34 aromatic rings. The fourth-order valence-electron chi connectivity index (χ4n) is 31.8. The zero-order chi connectivity index (χ0) is 66.2. The highest BCUT2D eigenvalue weighted by Crippen LogP contribution is 2.88. The number of hydrogen-bond acceptors (Lipinski definition) is 5. The van der Waals surface area contributed by atoms with E-state index >= 15 is 0 Å². The highest BCUT2D eigenvalue weighted by molar-refractivity contribution is 6.82. The Balaban J connectivity index is 0.889. The molecular weight excluding hydrogens is 1280 g/mol. The molecule has 1 aliphatic heterocycles. The van der Waals surface area contributed by atoms with E-state index in [9.17, 15) is 21.0 Å². The highest BCUT2D eigenvalue weighted by atomic mass is 15.3. The Morgan fingerprint density at radius 3 is 0.755 bits per heavy atom. The van der Waals surface area contributed by atoms with Crippen LogP contribution in [0.4, 0.5) is 0 Å². The van der Waals surface area contributed by atoms with Crippen LogP contribution in [-0.2, 0) is 16.4 Å². The minimum absolute atomic E-state index is 0.000533. The van der Waals surface area contributed by atoms with E-state index < -0.39 is 22.4 Å². The molecule has 4 aliphatic carbocycles. The Morgan fingerprint density at radius 2 is 0.491 bits per heavy atom. The van der Waals surface area contributed by atoms with Gasteiger partial charge < -0.3 is 0 Å². The van der Waals surface area contributed by atoms with Gasteiger partial charge in [0.15, 0.2) is 0 Å². The second-order valence-electron chi connectivity index (χ2n) is 34.6. The van der Waals surface area contributed by atoms with Crippen molar-refractivity contribution in [3.63, 3.8) is 0 Å². The molecule has 34 aromatic carbocycles. The molecule has 454 valence electrons. The molecule has 5 aliphatic rings. The van der Waals surface area contributed by atoms with Crippen LogP contribution in [0.15, 0.2) is 133 Å². The third kappa shape index (κ3) is 3.06. The molecule has 1 heterocycles. The van der Waals surface area contributed by atoms with Crippen molar-refractivity contribution in [2.45, 2.75) is 22.4 Å². The van der Waals surface area contributed by atoms with E-state index in [1.54, 1.807) is 183 Å². The molecule has 5 heteroatoms. The number of likely N-dealkylation sites (tertiary alicyclic amines) is 1. The lowest BCUT2D eigenvalue weighted by Gasteiger charge is -2.53. The average Bonchev–Trinajstić information content (AvgIpc) is 1.38. The largest absolute Gasteiger partial charge is 0.276 e. The van der Waals surface area contributed by atoms with Crippen molar-refractivity contribution in [2.24, 2.45) is 0 Å². The summed E-state index contributed by atoms with van der Waals surface area (Å²) in [5.41, 5.74) is 8.19. The molecule has 106 heavy (non-hydrogen) atoms. The second kappa shape index (κ2) is 12.1. The zero-order valence-electron chi connectivity index (χ0n) is 54.7. The Kier molecular flexibility index (Phi) is 5.21. The fraction of sp³-hybridized carbons (Fsp3) is 0.0495. The molecule has 0 aromatic heterocycles. The normalized spacial score (nSPS) is 19.6. The zero-order valence-corrected chi connectivity index (χ0v) is 54.7. The maximum atomic E-state index is 11.6. The third-order valence-corrected chi connectivity index (χ3v) is 33.0. The van der Waals surface area contributed by atoms with Crippen LogP contribution >= 0.6 is 0 Å². The van der Waals surface area contributed by atoms with Crippen LogP contribution < -0.4 is 10.4 Å². The van der Waals surface area contributed by atoms with Crippen molar-refractivity contribution >= 4 is 324 Å². The Hall–Kier alpha value is -14.0. The number of hydrogen-bond donors (Lipinski definition) is 0. The van der Waals surface area contributed by atoms with Gasteiger partial charge in [0.05, 0.1) is 22.4 Å². The summed E-state index contributed by atoms with van der Waals surface area (Å²) in [6.45, 7) is 0.647. The van der Waals surface area contributed by atoms with Crippen molar-refractivity contribution in [1.82, 2.24) is 4.90 Å². The number of benzene rings is 24. The average molecular weight is 1310 g/mol. The summed E-state index contributed by atoms with van der Waals surface area (Å²) in [6.07, 6.45) is 0. The summed E-state index contributed by atoms with van der Waals surface area (Å²) in [5.74, 6) is 0. The molecule has 0 radical (unpaired) electrons. The molecule has 0 amide bonds. The minimum atomic E-state index is -0.994. The molecule has 0 saturated carbocycles. The van der Waals surface area contributed by atoms with Gasteiger partial charge in [-0.25, -0.2) is 0 Å². The molecule has 1 saturated heterocycles. The molecule has 5 nitrogen and oxygen atoms in total. The molecule has 1 atom stereocenters. The van der Waals surface area contributed by atoms with Gasteiger partial charge in [0.1, 0.15) is 35.4 Å². The standard InChI is InChI=1S/C101H25N5/c102-23-29(24-103)38-34-18-10-11-19-35(34)39(30(25-104)26-105)37-22-28(20-21-36(37)38)98-100-96-90-84-74-62-54-46-42-40-41-44-48(46)56(62)66-60-52(44)53-45(41)49-47-43(40)51-50(42)58-64(54)72-78-68(58)69-59(51)65-55(47)63-57(49)67-61(53)71-70(60)82(76(66)84)92(96)93-83(71)77(67)85-75(63)81-73(65)79(69)87-86(78)94(88(90)80(72)74)99(100,95(87)89(81)91(85)97(93)100)27-106(98)101(31-12-4-1-5-13-31,32-14-6-2-7-15-32)33-16-8-3-9-17-33/h1-22,98H,27H2. The summed E-state index contributed by atoms with van der Waals surface area (Å²) < 4.78 is 0. The summed E-state index contributed by atoms with van der Waals surface area (Å²) in [5, 5.41) is 133. The van der Waals surface area contributed by atoms with Gasteiger partial charge in [-0.15, -0.1) is 0 Å². The van der Waals surface area contributed by atoms with Crippen molar-refractivity contribution in [1.29, 1.82) is 21.0 Å². The van der Waals surface area contributed by atoms with E-state index in [1.807, 2.05) is 24.3 Å². The number of nitriles is 4. The molecule has 0 N–H and O–H groups in total. The van der Waals surface area contributed by atoms with Gasteiger partial charge in [-0.1, -0.05) is 127 Å². The second-order valence-corrected chi connectivity index (χ2v) is 34.6. The molecular formula is C101H25N5. The van der Waals surface area contributed by atoms with Crippen LogP contribution in [-0.4, -0.2) is 11.4 Å². The lowest BCUT2D eigenvalue weighted by molar-refractivity contribution is 0.123. The quantitative estimate of drug-likeness (QED) is 0.0971. The van der Waals surface area contributed by atoms with Gasteiger partial charge in [0.25, 0.3) is 0 Å². The Labute approximate surface area is 587 Å². The van der Waals surface area contributed by atoms with Gasteiger partial charge in [0, 0.05) is 17.0 Å². The highest BCUT2D eigenvalue weighted by Gasteiger charge is 2.78. The molecule has 1 unspecified atom stereocenters. The van der Waals surface area contributed by atoms with Gasteiger partial charge in [-0.2, -0.15) is 21.0 Å². The monoisotopic (exact) mass is 1310 g/mol. The fourth-order valence-corrected chi connectivity index (χ4v) is 31.8. The molecule has 2 spiro atoms. The minimum Gasteiger partial charge on any atom is -0.276 e. The molecule has 39 rings (SSSR count). The van der Waals surface area contributed by atoms with Gasteiger partial charge in [0.2, 0.25) is 0 Å². The maximum Gasteiger partial charge on any atom is 0.138 e. The van der Waals surface area contributed by atoms with E-state index in [1.165, 1.54) is 146 Å². The lowest BCUT2D eigenvalue weighted by Crippen LogP contribution is -2.52. The lowest BCUT2D eigenvalue weighted by atomic mass is 9.47. The first kappa shape index (κ1) is 45.7. The van der Waals surface area contributed by atoms with Crippen LogP contribution in [0.25, 0.3) is 324 Å². The SMILES string of the molecule is N#CC(C#N)=c1c2ccccc2c(=C(C#N)C#N)c2cc(C3N(C(c4ccccc4)(c4ccccc4)c4ccccc4)CC45c6c7c8c9c%10c%11c(c%12c%13c4c4c6c6c%14c7c7c8c8c%10c%10c%15c%11c%11c%12c%12c%13c%13c4c4c6c6c%14c%14c7c7c8c%10c8c%10c%15c%11c%11c%12c%12c%13c4c4c6c6c%14c7c8c7c%10c%11c%12c4c67)C935)ccc12. The van der Waals surface area contributed by atoms with Gasteiger partial charge in [-0.05, 0) is 363 Å². The molecule has 0 bridgehead atoms. The van der Waals surface area contributed by atoms with Crippen LogP contribution in [0.5, 0.6) is 0 Å². The number of nitrogens with zero attached hydrogens (tertiary/aromatic N) is 5. The predicted molar refractivity (Wildman–Crippen MR) is 432 cm³/mol. The first-order valence-electron chi connectivity index (χ1n) is 37.7. The van der Waals surface area contributed by atoms with Gasteiger partial charge in [-0.3, -0.25) is 4.90 Å². The van der Waals surface area contributed by atoms with E-state index in [0.29, 0.717) is 38.5 Å². The summed E-state index contributed by atoms with van der Waals surface area (Å²) >= 11 is 0. The maximum absolute atomic E-state index is 11.6. The van der Waals surface area contributed by atoms with E-state index in [0.717, 1.165) is 5.56 Å². The molecule has 1 fully saturated rings. The van der Waals surface area contributed by atoms with Crippen LogP contribution in [0.3, 0.4) is 0 Å². The summed E-state index contributed by atoms with van der Waals surface area (Å²) in [7, 11) is 0. The van der Waals surface area contributed by atoms with E-state index in [-0.39, 0.29) is 11.1 Å². The third-order valence-electron chi connectivity index (χ3n) is 33.0. The smallest absolute Gasteiger partial charge is 0.138 e. The van der Waals surface area contributed by atoms with Crippen molar-refractivity contribution < 1.29 is 0 Å². The predicted octanol–water partition coefficient (Wildman–Crippen LogP) is 23.0. The van der Waals surface area contributed by atoms with Crippen LogP contribution in [0.2, 0.25) is 0 Å². The van der Waals surface area contributed by atoms with Crippen LogP contribution in [0.1, 0.15) is 50.5 Å². The van der Waals surface area contributed by atoms with Crippen molar-refractivity contribution in [3.8, 4) is 24.3 Å². The van der Waals surface area contributed by atoms with Crippen LogP contribution in [0, 0.1) is 45.3 Å².